The molecule has 0 aliphatic carbocycles. The first-order valence-corrected chi connectivity index (χ1v) is 4.60. The van der Waals surface area contributed by atoms with Crippen molar-refractivity contribution < 1.29 is 13.3 Å². The van der Waals surface area contributed by atoms with Gasteiger partial charge in [-0.1, -0.05) is 5.16 Å². The lowest BCUT2D eigenvalue weighted by molar-refractivity contribution is 0.380. The van der Waals surface area contributed by atoms with Crippen molar-refractivity contribution in [3.63, 3.8) is 0 Å². The number of nitrogens with zero attached hydrogens (tertiary/aromatic N) is 2. The maximum absolute atomic E-state index is 13.3. The molecule has 0 fully saturated rings. The van der Waals surface area contributed by atoms with E-state index in [1.165, 1.54) is 6.92 Å². The van der Waals surface area contributed by atoms with Crippen LogP contribution in [0.2, 0.25) is 0 Å². The van der Waals surface area contributed by atoms with Crippen LogP contribution in [0.15, 0.2) is 16.7 Å². The van der Waals surface area contributed by atoms with E-state index >= 15 is 0 Å². The van der Waals surface area contributed by atoms with Gasteiger partial charge in [0.2, 0.25) is 11.7 Å². The first kappa shape index (κ1) is 10.7. The summed E-state index contributed by atoms with van der Waals surface area (Å²) in [5.41, 5.74) is 5.83. The van der Waals surface area contributed by atoms with Gasteiger partial charge in [-0.2, -0.15) is 4.98 Å². The molecule has 0 aliphatic rings. The second-order valence-corrected chi connectivity index (χ2v) is 3.28. The van der Waals surface area contributed by atoms with Gasteiger partial charge >= 0.3 is 0 Å². The summed E-state index contributed by atoms with van der Waals surface area (Å²) in [6, 6.07) is 1.96. The Morgan fingerprint density at radius 1 is 1.38 bits per heavy atom. The first-order chi connectivity index (χ1) is 7.61. The summed E-state index contributed by atoms with van der Waals surface area (Å²) in [7, 11) is 0. The summed E-state index contributed by atoms with van der Waals surface area (Å²) in [5.74, 6) is -0.971. The molecule has 0 bridgehead atoms. The maximum atomic E-state index is 13.3. The Bertz CT molecular complexity index is 525. The number of hydrogen-bond acceptors (Lipinski definition) is 4. The summed E-state index contributed by atoms with van der Waals surface area (Å²) >= 11 is 0. The van der Waals surface area contributed by atoms with Gasteiger partial charge in [0.1, 0.15) is 11.6 Å². The van der Waals surface area contributed by atoms with Crippen LogP contribution in [0.1, 0.15) is 11.5 Å². The van der Waals surface area contributed by atoms with E-state index in [4.69, 9.17) is 10.3 Å². The Morgan fingerprint density at radius 2 is 2.12 bits per heavy atom. The average molecular weight is 225 g/mol. The van der Waals surface area contributed by atoms with Crippen molar-refractivity contribution in [2.75, 3.05) is 0 Å². The summed E-state index contributed by atoms with van der Waals surface area (Å²) in [6.45, 7) is 1.60. The lowest BCUT2D eigenvalue weighted by Gasteiger charge is -2.02. The van der Waals surface area contributed by atoms with Crippen LogP contribution in [0.3, 0.4) is 0 Å². The Kier molecular flexibility index (Phi) is 2.66. The van der Waals surface area contributed by atoms with Gasteiger partial charge < -0.3 is 10.3 Å². The van der Waals surface area contributed by atoms with Gasteiger partial charge in [-0.25, -0.2) is 8.78 Å². The summed E-state index contributed by atoms with van der Waals surface area (Å²) in [4.78, 5) is 3.91. The quantitative estimate of drug-likeness (QED) is 0.846. The van der Waals surface area contributed by atoms with Crippen LogP contribution in [0.25, 0.3) is 11.4 Å². The van der Waals surface area contributed by atoms with Crippen LogP contribution in [-0.4, -0.2) is 10.1 Å². The minimum atomic E-state index is -0.683. The van der Waals surface area contributed by atoms with Crippen molar-refractivity contribution >= 4 is 0 Å². The van der Waals surface area contributed by atoms with Crippen LogP contribution in [0.5, 0.6) is 0 Å². The molecular weight excluding hydrogens is 216 g/mol. The summed E-state index contributed by atoms with van der Waals surface area (Å²) < 4.78 is 31.1. The van der Waals surface area contributed by atoms with E-state index in [-0.39, 0.29) is 29.4 Å². The third-order valence-corrected chi connectivity index (χ3v) is 2.19. The second kappa shape index (κ2) is 3.97. The highest BCUT2D eigenvalue weighted by Crippen LogP contribution is 2.23. The Balaban J connectivity index is 2.54. The van der Waals surface area contributed by atoms with Crippen molar-refractivity contribution in [2.24, 2.45) is 5.73 Å². The van der Waals surface area contributed by atoms with Gasteiger partial charge in [-0.15, -0.1) is 0 Å². The maximum Gasteiger partial charge on any atom is 0.240 e. The van der Waals surface area contributed by atoms with Gasteiger partial charge in [0.15, 0.2) is 0 Å². The molecule has 2 aromatic rings. The average Bonchev–Trinajstić information content (AvgIpc) is 2.71. The molecule has 1 heterocycles. The molecule has 84 valence electrons. The molecule has 0 aliphatic heterocycles. The molecule has 16 heavy (non-hydrogen) atoms. The zero-order valence-corrected chi connectivity index (χ0v) is 8.50. The van der Waals surface area contributed by atoms with Gasteiger partial charge in [-0.05, 0) is 18.6 Å². The minimum Gasteiger partial charge on any atom is -0.338 e. The molecule has 1 aromatic carbocycles. The predicted octanol–water partition coefficient (Wildman–Crippen LogP) is 1.78. The fourth-order valence-electron chi connectivity index (χ4n) is 1.33. The Morgan fingerprint density at radius 3 is 2.75 bits per heavy atom. The Hall–Kier alpha value is -1.82. The smallest absolute Gasteiger partial charge is 0.240 e. The summed E-state index contributed by atoms with van der Waals surface area (Å²) in [6.07, 6.45) is 0. The number of aromatic nitrogens is 2. The monoisotopic (exact) mass is 225 g/mol. The molecule has 0 saturated carbocycles. The molecule has 6 heteroatoms. The molecular formula is C10H9F2N3O. The van der Waals surface area contributed by atoms with Crippen LogP contribution < -0.4 is 5.73 Å². The van der Waals surface area contributed by atoms with Crippen molar-refractivity contribution in [1.82, 2.24) is 10.1 Å². The van der Waals surface area contributed by atoms with Crippen molar-refractivity contribution in [3.05, 3.63) is 35.2 Å². The number of halogens is 2. The summed E-state index contributed by atoms with van der Waals surface area (Å²) in [5, 5.41) is 3.60. The van der Waals surface area contributed by atoms with Gasteiger partial charge in [0.25, 0.3) is 0 Å². The van der Waals surface area contributed by atoms with Gasteiger partial charge in [0, 0.05) is 11.6 Å². The number of benzene rings is 1. The van der Waals surface area contributed by atoms with Crippen molar-refractivity contribution in [3.8, 4) is 11.4 Å². The molecule has 0 saturated heterocycles. The first-order valence-electron chi connectivity index (χ1n) is 4.60. The van der Waals surface area contributed by atoms with E-state index in [0.717, 1.165) is 12.1 Å². The fraction of sp³-hybridized carbons (Fsp3) is 0.200. The highest BCUT2D eigenvalue weighted by Gasteiger charge is 2.14. The molecule has 2 rings (SSSR count). The fourth-order valence-corrected chi connectivity index (χ4v) is 1.33. The van der Waals surface area contributed by atoms with Gasteiger partial charge in [-0.3, -0.25) is 0 Å². The van der Waals surface area contributed by atoms with E-state index in [1.54, 1.807) is 0 Å². The molecule has 0 atom stereocenters. The normalized spacial score (nSPS) is 10.8. The van der Waals surface area contributed by atoms with Gasteiger partial charge in [0.05, 0.1) is 6.54 Å². The SMILES string of the molecule is Cc1c(F)cc(F)cc1-c1noc(CN)n1. The highest BCUT2D eigenvalue weighted by molar-refractivity contribution is 5.59. The number of nitrogens with two attached hydrogens (primary N) is 1. The standard InChI is InChI=1S/C10H9F2N3O/c1-5-7(2-6(11)3-8(5)12)10-14-9(4-13)16-15-10/h2-3H,4,13H2,1H3. The van der Waals surface area contributed by atoms with E-state index in [0.29, 0.717) is 0 Å². The molecule has 2 N–H and O–H groups in total. The van der Waals surface area contributed by atoms with Crippen LogP contribution in [0.4, 0.5) is 8.78 Å². The van der Waals surface area contributed by atoms with Crippen molar-refractivity contribution in [1.29, 1.82) is 0 Å². The predicted molar refractivity (Wildman–Crippen MR) is 52.3 cm³/mol. The molecule has 0 unspecified atom stereocenters. The van der Waals surface area contributed by atoms with Crippen LogP contribution in [0, 0.1) is 18.6 Å². The number of rotatable bonds is 2. The largest absolute Gasteiger partial charge is 0.338 e. The molecule has 0 amide bonds. The lowest BCUT2D eigenvalue weighted by atomic mass is 10.1. The zero-order chi connectivity index (χ0) is 11.7. The Labute approximate surface area is 90.1 Å². The minimum absolute atomic E-state index is 0.0871. The van der Waals surface area contributed by atoms with E-state index in [2.05, 4.69) is 10.1 Å². The van der Waals surface area contributed by atoms with E-state index in [9.17, 15) is 8.78 Å². The molecule has 1 aromatic heterocycles. The third kappa shape index (κ3) is 1.79. The topological polar surface area (TPSA) is 64.9 Å². The van der Waals surface area contributed by atoms with Crippen LogP contribution in [-0.2, 0) is 6.54 Å². The van der Waals surface area contributed by atoms with Crippen molar-refractivity contribution in [2.45, 2.75) is 13.5 Å². The second-order valence-electron chi connectivity index (χ2n) is 3.28. The molecule has 0 radical (unpaired) electrons. The van der Waals surface area contributed by atoms with E-state index < -0.39 is 11.6 Å². The third-order valence-electron chi connectivity index (χ3n) is 2.19. The molecule has 0 spiro atoms. The van der Waals surface area contributed by atoms with E-state index in [1.807, 2.05) is 0 Å². The lowest BCUT2D eigenvalue weighted by Crippen LogP contribution is -1.96. The molecule has 4 nitrogen and oxygen atoms in total. The zero-order valence-electron chi connectivity index (χ0n) is 8.50. The highest BCUT2D eigenvalue weighted by atomic mass is 19.1. The number of hydrogen-bond donors (Lipinski definition) is 1. The van der Waals surface area contributed by atoms with Crippen LogP contribution >= 0.6 is 0 Å².